The average Bonchev–Trinajstić information content (AvgIpc) is 3.14. The number of halogens is 2. The maximum atomic E-state index is 9.83. The van der Waals surface area contributed by atoms with Gasteiger partial charge in [-0.3, -0.25) is 0 Å². The molecule has 0 saturated heterocycles. The smallest absolute Gasteiger partial charge is 0.146 e. The lowest BCUT2D eigenvalue weighted by atomic mass is 9.72. The van der Waals surface area contributed by atoms with Crippen LogP contribution in [0, 0.1) is 29.8 Å². The summed E-state index contributed by atoms with van der Waals surface area (Å²) in [5, 5.41) is 10.7. The largest absolute Gasteiger partial charge is 0.487 e. The second kappa shape index (κ2) is 10.4. The van der Waals surface area contributed by atoms with Crippen molar-refractivity contribution in [1.82, 2.24) is 0 Å². The number of hydrogen-bond acceptors (Lipinski definition) is 4. The molecule has 0 fully saturated rings. The van der Waals surface area contributed by atoms with Crippen molar-refractivity contribution in [2.45, 2.75) is 46.6 Å². The zero-order valence-electron chi connectivity index (χ0n) is 19.0. The van der Waals surface area contributed by atoms with Crippen LogP contribution in [0.25, 0.3) is 0 Å². The van der Waals surface area contributed by atoms with Crippen LogP contribution in [0.5, 0.6) is 5.75 Å². The minimum Gasteiger partial charge on any atom is -0.487 e. The third kappa shape index (κ3) is 5.80. The first-order chi connectivity index (χ1) is 15.8. The van der Waals surface area contributed by atoms with Gasteiger partial charge in [0.2, 0.25) is 0 Å². The van der Waals surface area contributed by atoms with E-state index in [2.05, 4.69) is 96.3 Å². The first-order valence-corrected chi connectivity index (χ1v) is 14.0. The van der Waals surface area contributed by atoms with Gasteiger partial charge in [-0.25, -0.2) is 4.99 Å². The second-order valence-electron chi connectivity index (χ2n) is 9.45. The number of ether oxygens (including phenoxy) is 1. The van der Waals surface area contributed by atoms with Crippen LogP contribution in [0.3, 0.4) is 0 Å². The van der Waals surface area contributed by atoms with E-state index >= 15 is 0 Å². The number of fused-ring (bicyclic) bond motifs is 1. The van der Waals surface area contributed by atoms with E-state index in [1.54, 1.807) is 11.3 Å². The van der Waals surface area contributed by atoms with Crippen molar-refractivity contribution in [3.05, 3.63) is 76.7 Å². The summed E-state index contributed by atoms with van der Waals surface area (Å²) in [5.74, 6) is 1.55. The normalized spacial score (nSPS) is 15.9. The molecule has 1 aliphatic carbocycles. The van der Waals surface area contributed by atoms with Gasteiger partial charge in [-0.1, -0.05) is 51.1 Å². The number of thiophene rings is 1. The molecule has 0 aliphatic heterocycles. The van der Waals surface area contributed by atoms with Gasteiger partial charge in [0.1, 0.15) is 23.4 Å². The van der Waals surface area contributed by atoms with Crippen LogP contribution in [0.4, 0.5) is 5.00 Å². The summed E-state index contributed by atoms with van der Waals surface area (Å²) in [7, 11) is 0. The van der Waals surface area contributed by atoms with E-state index in [1.165, 1.54) is 10.4 Å². The molecule has 2 aromatic carbocycles. The minimum atomic E-state index is 0.287. The quantitative estimate of drug-likeness (QED) is 0.201. The Morgan fingerprint density at radius 1 is 1.18 bits per heavy atom. The molecular weight excluding hydrogens is 654 g/mol. The Kier molecular flexibility index (Phi) is 7.81. The van der Waals surface area contributed by atoms with Gasteiger partial charge in [0.05, 0.1) is 12.7 Å². The lowest BCUT2D eigenvalue weighted by molar-refractivity contribution is 0.218. The fraction of sp³-hybridized carbons (Fsp3) is 0.333. The van der Waals surface area contributed by atoms with Crippen molar-refractivity contribution in [2.24, 2.45) is 16.3 Å². The molecule has 3 nitrogen and oxygen atoms in total. The van der Waals surface area contributed by atoms with Crippen molar-refractivity contribution in [3.8, 4) is 11.8 Å². The van der Waals surface area contributed by atoms with E-state index < -0.39 is 0 Å². The molecule has 1 aromatic heterocycles. The Bertz CT molecular complexity index is 1200. The van der Waals surface area contributed by atoms with Gasteiger partial charge in [-0.2, -0.15) is 5.26 Å². The average molecular weight is 680 g/mol. The van der Waals surface area contributed by atoms with E-state index in [1.807, 2.05) is 24.4 Å². The van der Waals surface area contributed by atoms with E-state index in [0.29, 0.717) is 12.5 Å². The zero-order chi connectivity index (χ0) is 23.6. The summed E-state index contributed by atoms with van der Waals surface area (Å²) in [6.07, 6.45) is 5.06. The number of benzene rings is 2. The summed E-state index contributed by atoms with van der Waals surface area (Å²) in [6, 6.07) is 16.8. The Morgan fingerprint density at radius 2 is 1.88 bits per heavy atom. The summed E-state index contributed by atoms with van der Waals surface area (Å²) >= 11 is 6.34. The van der Waals surface area contributed by atoms with Crippen LogP contribution >= 0.6 is 56.5 Å². The van der Waals surface area contributed by atoms with Crippen molar-refractivity contribution in [2.75, 3.05) is 0 Å². The molecule has 0 unspecified atom stereocenters. The maximum absolute atomic E-state index is 9.83. The summed E-state index contributed by atoms with van der Waals surface area (Å²) in [5.41, 5.74) is 4.44. The highest BCUT2D eigenvalue weighted by molar-refractivity contribution is 14.1. The molecule has 33 heavy (non-hydrogen) atoms. The van der Waals surface area contributed by atoms with Crippen LogP contribution in [-0.4, -0.2) is 6.21 Å². The van der Waals surface area contributed by atoms with Crippen LogP contribution in [0.1, 0.15) is 54.3 Å². The van der Waals surface area contributed by atoms with Gasteiger partial charge < -0.3 is 4.74 Å². The van der Waals surface area contributed by atoms with Gasteiger partial charge in [0.15, 0.2) is 0 Å². The topological polar surface area (TPSA) is 45.4 Å². The molecule has 170 valence electrons. The highest BCUT2D eigenvalue weighted by atomic mass is 127. The molecule has 0 radical (unpaired) electrons. The van der Waals surface area contributed by atoms with E-state index in [0.717, 1.165) is 53.8 Å². The Morgan fingerprint density at radius 3 is 2.52 bits per heavy atom. The number of rotatable bonds is 5. The predicted molar refractivity (Wildman–Crippen MR) is 154 cm³/mol. The van der Waals surface area contributed by atoms with E-state index in [9.17, 15) is 5.26 Å². The fourth-order valence-corrected chi connectivity index (χ4v) is 7.52. The van der Waals surface area contributed by atoms with Crippen LogP contribution in [0.15, 0.2) is 47.5 Å². The minimum absolute atomic E-state index is 0.287. The molecule has 3 aromatic rings. The molecule has 1 atom stereocenters. The monoisotopic (exact) mass is 680 g/mol. The number of aliphatic imine (C=N–C) groups is 1. The predicted octanol–water partition coefficient (Wildman–Crippen LogP) is 8.31. The third-order valence-electron chi connectivity index (χ3n) is 6.16. The number of nitrogens with zero attached hydrogens (tertiary/aromatic N) is 2. The van der Waals surface area contributed by atoms with Crippen molar-refractivity contribution < 1.29 is 4.74 Å². The van der Waals surface area contributed by atoms with Crippen LogP contribution in [0.2, 0.25) is 0 Å². The molecule has 1 aliphatic rings. The second-order valence-corrected chi connectivity index (χ2v) is 12.9. The molecule has 0 N–H and O–H groups in total. The standard InChI is InChI=1S/C27H26I2N2OS/c1-27(2,3)19-9-10-20-21(14-30)26(33-24(20)13-19)31-15-18-11-22(28)25(23(29)12-18)32-16-17-7-5-4-6-8-17/h4-8,11-12,15,19H,9-10,13,16H2,1-3H3/t19-/m0/s1. The number of nitriles is 1. The maximum Gasteiger partial charge on any atom is 0.146 e. The highest BCUT2D eigenvalue weighted by Crippen LogP contribution is 2.45. The van der Waals surface area contributed by atoms with Crippen LogP contribution in [-0.2, 0) is 19.4 Å². The van der Waals surface area contributed by atoms with Gasteiger partial charge in [-0.15, -0.1) is 11.3 Å². The molecule has 6 heteroatoms. The molecule has 0 bridgehead atoms. The van der Waals surface area contributed by atoms with E-state index in [-0.39, 0.29) is 5.41 Å². The SMILES string of the molecule is CC(C)(C)[C@H]1CCc2c(sc(N=Cc3cc(I)c(OCc4ccccc4)c(I)c3)c2C#N)C1. The lowest BCUT2D eigenvalue weighted by Gasteiger charge is -2.33. The van der Waals surface area contributed by atoms with E-state index in [4.69, 9.17) is 9.73 Å². The molecule has 1 heterocycles. The third-order valence-corrected chi connectivity index (χ3v) is 8.93. The first kappa shape index (κ1) is 24.7. The van der Waals surface area contributed by atoms with Gasteiger partial charge in [0.25, 0.3) is 0 Å². The highest BCUT2D eigenvalue weighted by Gasteiger charge is 2.32. The van der Waals surface area contributed by atoms with Crippen molar-refractivity contribution in [3.63, 3.8) is 0 Å². The summed E-state index contributed by atoms with van der Waals surface area (Å²) in [4.78, 5) is 6.11. The van der Waals surface area contributed by atoms with Crippen molar-refractivity contribution >= 4 is 67.7 Å². The number of hydrogen-bond donors (Lipinski definition) is 0. The lowest BCUT2D eigenvalue weighted by Crippen LogP contribution is -2.26. The van der Waals surface area contributed by atoms with Crippen molar-refractivity contribution in [1.29, 1.82) is 5.26 Å². The summed E-state index contributed by atoms with van der Waals surface area (Å²) in [6.45, 7) is 7.49. The first-order valence-electron chi connectivity index (χ1n) is 11.0. The van der Waals surface area contributed by atoms with Gasteiger partial charge in [0, 0.05) is 11.1 Å². The Hall–Kier alpha value is -1.44. The van der Waals surface area contributed by atoms with Gasteiger partial charge in [-0.05, 0) is 105 Å². The molecular formula is C27H26I2N2OS. The zero-order valence-corrected chi connectivity index (χ0v) is 24.1. The van der Waals surface area contributed by atoms with Gasteiger partial charge >= 0.3 is 0 Å². The molecule has 0 amide bonds. The van der Waals surface area contributed by atoms with Crippen LogP contribution < -0.4 is 4.74 Å². The fourth-order valence-electron chi connectivity index (χ4n) is 4.17. The molecule has 0 spiro atoms. The summed E-state index contributed by atoms with van der Waals surface area (Å²) < 4.78 is 8.20. The molecule has 0 saturated carbocycles. The Labute approximate surface area is 227 Å². The Balaban J connectivity index is 1.54. The molecule has 4 rings (SSSR count).